The number of nitrogens with zero attached hydrogens (tertiary/aromatic N) is 2. The van der Waals surface area contributed by atoms with Crippen LogP contribution in [-0.4, -0.2) is 15.7 Å². The Morgan fingerprint density at radius 1 is 1.00 bits per heavy atom. The first-order valence-electron chi connectivity index (χ1n) is 7.87. The van der Waals surface area contributed by atoms with E-state index in [9.17, 15) is 0 Å². The molecule has 0 saturated carbocycles. The number of nitrogens with one attached hydrogen (secondary N) is 1. The summed E-state index contributed by atoms with van der Waals surface area (Å²) in [5, 5.41) is 0. The molecule has 0 aliphatic heterocycles. The van der Waals surface area contributed by atoms with Crippen molar-refractivity contribution in [1.29, 1.82) is 0 Å². The summed E-state index contributed by atoms with van der Waals surface area (Å²) in [5.41, 5.74) is 5.29. The van der Waals surface area contributed by atoms with E-state index in [4.69, 9.17) is 4.99 Å². The molecule has 24 heavy (non-hydrogen) atoms. The molecule has 4 heteroatoms. The van der Waals surface area contributed by atoms with Crippen LogP contribution in [0.3, 0.4) is 0 Å². The summed E-state index contributed by atoms with van der Waals surface area (Å²) in [7, 11) is 0. The number of aliphatic imine (C=N–C) groups is 1. The second-order valence-corrected chi connectivity index (χ2v) is 6.83. The van der Waals surface area contributed by atoms with Crippen molar-refractivity contribution in [3.8, 4) is 10.7 Å². The van der Waals surface area contributed by atoms with E-state index in [0.717, 1.165) is 38.0 Å². The Morgan fingerprint density at radius 2 is 1.79 bits per heavy atom. The number of hydrogen-bond acceptors (Lipinski definition) is 3. The molecule has 0 atom stereocenters. The molecule has 2 aromatic carbocycles. The van der Waals surface area contributed by atoms with E-state index < -0.39 is 0 Å². The van der Waals surface area contributed by atoms with Gasteiger partial charge in [-0.05, 0) is 49.7 Å². The second kappa shape index (κ2) is 6.06. The Bertz CT molecular complexity index is 1010. The van der Waals surface area contributed by atoms with Crippen LogP contribution < -0.4 is 0 Å². The van der Waals surface area contributed by atoms with Crippen molar-refractivity contribution >= 4 is 33.8 Å². The quantitative estimate of drug-likeness (QED) is 0.478. The zero-order valence-electron chi connectivity index (χ0n) is 13.6. The molecule has 0 aliphatic rings. The maximum atomic E-state index is 4.78. The van der Waals surface area contributed by atoms with Gasteiger partial charge >= 0.3 is 0 Å². The van der Waals surface area contributed by atoms with Crippen LogP contribution in [0.1, 0.15) is 17.4 Å². The van der Waals surface area contributed by atoms with Gasteiger partial charge in [0.2, 0.25) is 0 Å². The van der Waals surface area contributed by atoms with E-state index in [2.05, 4.69) is 42.0 Å². The Kier molecular flexibility index (Phi) is 3.75. The largest absolute Gasteiger partial charge is 0.337 e. The summed E-state index contributed by atoms with van der Waals surface area (Å²) in [6.45, 7) is 4.14. The summed E-state index contributed by atoms with van der Waals surface area (Å²) < 4.78 is 0. The van der Waals surface area contributed by atoms with Crippen LogP contribution in [0, 0.1) is 6.92 Å². The lowest BCUT2D eigenvalue weighted by molar-refractivity contribution is 1.36. The number of aryl methyl sites for hydroxylation is 1. The lowest BCUT2D eigenvalue weighted by atomic mass is 10.2. The Labute approximate surface area is 144 Å². The Balaban J connectivity index is 1.68. The van der Waals surface area contributed by atoms with Crippen molar-refractivity contribution < 1.29 is 0 Å². The normalized spacial score (nSPS) is 12.0. The van der Waals surface area contributed by atoms with Gasteiger partial charge in [0.05, 0.1) is 27.3 Å². The molecule has 0 radical (unpaired) electrons. The third-order valence-corrected chi connectivity index (χ3v) is 5.19. The van der Waals surface area contributed by atoms with E-state index in [1.165, 1.54) is 5.56 Å². The molecule has 0 amide bonds. The fourth-order valence-corrected chi connectivity index (χ4v) is 3.55. The SMILES string of the molecule is CC(=Nc1ccccc1C)c1ccc(-c2nc3ccccc3[nH]2)s1. The number of rotatable bonds is 3. The van der Waals surface area contributed by atoms with Gasteiger partial charge in [0.25, 0.3) is 0 Å². The predicted molar refractivity (Wildman–Crippen MR) is 102 cm³/mol. The van der Waals surface area contributed by atoms with Crippen molar-refractivity contribution in [2.24, 2.45) is 4.99 Å². The maximum absolute atomic E-state index is 4.78. The highest BCUT2D eigenvalue weighted by Gasteiger charge is 2.09. The van der Waals surface area contributed by atoms with E-state index in [1.807, 2.05) is 42.5 Å². The van der Waals surface area contributed by atoms with Gasteiger partial charge in [-0.1, -0.05) is 30.3 Å². The number of fused-ring (bicyclic) bond motifs is 1. The number of hydrogen-bond donors (Lipinski definition) is 1. The zero-order valence-corrected chi connectivity index (χ0v) is 14.4. The highest BCUT2D eigenvalue weighted by atomic mass is 32.1. The van der Waals surface area contributed by atoms with Gasteiger partial charge in [-0.15, -0.1) is 11.3 Å². The monoisotopic (exact) mass is 331 g/mol. The maximum Gasteiger partial charge on any atom is 0.148 e. The molecule has 2 heterocycles. The number of thiophene rings is 1. The molecule has 0 spiro atoms. The van der Waals surface area contributed by atoms with Crippen molar-refractivity contribution in [2.45, 2.75) is 13.8 Å². The first kappa shape index (κ1) is 14.8. The molecular weight excluding hydrogens is 314 g/mol. The highest BCUT2D eigenvalue weighted by Crippen LogP contribution is 2.29. The lowest BCUT2D eigenvalue weighted by Gasteiger charge is -2.01. The van der Waals surface area contributed by atoms with Crippen LogP contribution in [0.2, 0.25) is 0 Å². The molecule has 0 saturated heterocycles. The minimum Gasteiger partial charge on any atom is -0.337 e. The smallest absolute Gasteiger partial charge is 0.148 e. The zero-order chi connectivity index (χ0) is 16.5. The van der Waals surface area contributed by atoms with Gasteiger partial charge in [-0.3, -0.25) is 4.99 Å². The average molecular weight is 331 g/mol. The average Bonchev–Trinajstić information content (AvgIpc) is 3.23. The summed E-state index contributed by atoms with van der Waals surface area (Å²) in [6.07, 6.45) is 0. The topological polar surface area (TPSA) is 41.0 Å². The van der Waals surface area contributed by atoms with Crippen LogP contribution in [0.15, 0.2) is 65.7 Å². The molecular formula is C20H17N3S. The molecule has 4 rings (SSSR count). The third-order valence-electron chi connectivity index (χ3n) is 3.99. The summed E-state index contributed by atoms with van der Waals surface area (Å²) in [5.74, 6) is 0.913. The van der Waals surface area contributed by atoms with Gasteiger partial charge in [0.15, 0.2) is 0 Å². The standard InChI is InChI=1S/C20H17N3S/c1-13-7-3-4-8-15(13)21-14(2)18-11-12-19(24-18)20-22-16-9-5-6-10-17(16)23-20/h3-12H,1-2H3,(H,22,23). The van der Waals surface area contributed by atoms with Crippen LogP contribution >= 0.6 is 11.3 Å². The number of H-pyrrole nitrogens is 1. The number of para-hydroxylation sites is 3. The minimum absolute atomic E-state index is 0.913. The molecule has 0 unspecified atom stereocenters. The molecule has 118 valence electrons. The molecule has 3 nitrogen and oxygen atoms in total. The Morgan fingerprint density at radius 3 is 2.62 bits per heavy atom. The van der Waals surface area contributed by atoms with E-state index >= 15 is 0 Å². The predicted octanol–water partition coefficient (Wildman–Crippen LogP) is 5.74. The summed E-state index contributed by atoms with van der Waals surface area (Å²) >= 11 is 1.71. The Hall–Kier alpha value is -2.72. The molecule has 2 aromatic heterocycles. The van der Waals surface area contributed by atoms with Crippen molar-refractivity contribution in [3.05, 3.63) is 71.1 Å². The van der Waals surface area contributed by atoms with Gasteiger partial charge in [-0.25, -0.2) is 4.98 Å². The summed E-state index contributed by atoms with van der Waals surface area (Å²) in [6, 6.07) is 20.5. The van der Waals surface area contributed by atoms with E-state index in [0.29, 0.717) is 0 Å². The van der Waals surface area contributed by atoms with Crippen LogP contribution in [0.25, 0.3) is 21.7 Å². The van der Waals surface area contributed by atoms with Crippen molar-refractivity contribution in [1.82, 2.24) is 9.97 Å². The molecule has 4 aromatic rings. The molecule has 0 fully saturated rings. The third kappa shape index (κ3) is 2.76. The van der Waals surface area contributed by atoms with Crippen LogP contribution in [0.4, 0.5) is 5.69 Å². The van der Waals surface area contributed by atoms with Gasteiger partial charge in [0.1, 0.15) is 5.82 Å². The molecule has 1 N–H and O–H groups in total. The number of imidazole rings is 1. The van der Waals surface area contributed by atoms with Crippen molar-refractivity contribution in [2.75, 3.05) is 0 Å². The second-order valence-electron chi connectivity index (χ2n) is 5.75. The first-order valence-corrected chi connectivity index (χ1v) is 8.68. The van der Waals surface area contributed by atoms with Gasteiger partial charge in [0, 0.05) is 4.88 Å². The molecule has 0 bridgehead atoms. The number of aromatic amines is 1. The van der Waals surface area contributed by atoms with Crippen LogP contribution in [-0.2, 0) is 0 Å². The van der Waals surface area contributed by atoms with E-state index in [1.54, 1.807) is 11.3 Å². The molecule has 0 aliphatic carbocycles. The highest BCUT2D eigenvalue weighted by molar-refractivity contribution is 7.17. The fraction of sp³-hybridized carbons (Fsp3) is 0.100. The summed E-state index contributed by atoms with van der Waals surface area (Å²) in [4.78, 5) is 15.1. The minimum atomic E-state index is 0.913. The van der Waals surface area contributed by atoms with Gasteiger partial charge < -0.3 is 4.98 Å². The fourth-order valence-electron chi connectivity index (χ4n) is 2.65. The van der Waals surface area contributed by atoms with Crippen LogP contribution in [0.5, 0.6) is 0 Å². The van der Waals surface area contributed by atoms with E-state index in [-0.39, 0.29) is 0 Å². The van der Waals surface area contributed by atoms with Gasteiger partial charge in [-0.2, -0.15) is 0 Å². The first-order chi connectivity index (χ1) is 11.7. The van der Waals surface area contributed by atoms with Crippen molar-refractivity contribution in [3.63, 3.8) is 0 Å². The number of aromatic nitrogens is 2. The lowest BCUT2D eigenvalue weighted by Crippen LogP contribution is -1.89. The number of benzene rings is 2.